The van der Waals surface area contributed by atoms with E-state index < -0.39 is 11.3 Å². The largest absolute Gasteiger partial charge is 0.390 e. The molecule has 2 unspecified atom stereocenters. The molecular formula is C27H40FN3O3. The van der Waals surface area contributed by atoms with Crippen LogP contribution in [-0.2, 0) is 11.3 Å². The summed E-state index contributed by atoms with van der Waals surface area (Å²) in [6, 6.07) is 0. The molecule has 4 fully saturated rings. The van der Waals surface area contributed by atoms with Crippen molar-refractivity contribution in [3.63, 3.8) is 0 Å². The van der Waals surface area contributed by atoms with E-state index in [1.54, 1.807) is 25.0 Å². The first-order chi connectivity index (χ1) is 15.9. The SMILES string of the molecule is CN(C)C(=O)c1cnn(CC(=O)[C@H]2CC[C@H]3[C@@H]4CCC5C[C@](C)(O)CCC5(F)[C@H]4CC[C@]23C)c1. The summed E-state index contributed by atoms with van der Waals surface area (Å²) >= 11 is 0. The lowest BCUT2D eigenvalue weighted by Gasteiger charge is -2.59. The first kappa shape index (κ1) is 24.0. The average Bonchev–Trinajstić information content (AvgIpc) is 3.37. The molecule has 0 bridgehead atoms. The molecule has 1 heterocycles. The molecule has 0 aromatic carbocycles. The Hall–Kier alpha value is -1.76. The maximum atomic E-state index is 16.5. The molecule has 188 valence electrons. The van der Waals surface area contributed by atoms with Crippen molar-refractivity contribution in [3.8, 4) is 0 Å². The van der Waals surface area contributed by atoms with Crippen LogP contribution in [0.2, 0.25) is 0 Å². The standard InChI is InChI=1S/C27H40FN3O3/c1-25(34)11-12-27(28)18(13-25)5-6-19-20-7-8-22(26(20,2)10-9-21(19)27)23(32)16-31-15-17(14-29-31)24(33)30(3)4/h14-15,18-22,34H,5-13,16H2,1-4H3/t18?,19-,20-,21-,22+,25+,26-,27?/m0/s1. The van der Waals surface area contributed by atoms with E-state index in [0.29, 0.717) is 36.7 Å². The molecule has 0 saturated heterocycles. The molecule has 8 atom stereocenters. The third-order valence-corrected chi connectivity index (χ3v) is 10.3. The number of carbonyl (C=O) groups excluding carboxylic acids is 2. The lowest BCUT2D eigenvalue weighted by molar-refractivity contribution is -0.166. The van der Waals surface area contributed by atoms with Crippen LogP contribution in [0.25, 0.3) is 0 Å². The van der Waals surface area contributed by atoms with E-state index >= 15 is 4.39 Å². The minimum absolute atomic E-state index is 0.0282. The fourth-order valence-electron chi connectivity index (χ4n) is 8.59. The summed E-state index contributed by atoms with van der Waals surface area (Å²) in [5, 5.41) is 14.8. The van der Waals surface area contributed by atoms with Gasteiger partial charge in [-0.05, 0) is 93.8 Å². The minimum atomic E-state index is -1.15. The number of carbonyl (C=O) groups is 2. The first-order valence-electron chi connectivity index (χ1n) is 13.1. The van der Waals surface area contributed by atoms with Gasteiger partial charge in [-0.2, -0.15) is 5.10 Å². The van der Waals surface area contributed by atoms with Gasteiger partial charge in [-0.1, -0.05) is 6.92 Å². The Morgan fingerprint density at radius 1 is 1.12 bits per heavy atom. The van der Waals surface area contributed by atoms with E-state index in [1.165, 1.54) is 11.1 Å². The number of alkyl halides is 1. The van der Waals surface area contributed by atoms with Crippen LogP contribution in [0.3, 0.4) is 0 Å². The van der Waals surface area contributed by atoms with Crippen molar-refractivity contribution >= 4 is 11.7 Å². The normalized spacial score (nSPS) is 43.5. The molecule has 1 aromatic heterocycles. The van der Waals surface area contributed by atoms with E-state index in [0.717, 1.165) is 38.5 Å². The van der Waals surface area contributed by atoms with Crippen LogP contribution >= 0.6 is 0 Å². The monoisotopic (exact) mass is 473 g/mol. The van der Waals surface area contributed by atoms with Crippen molar-refractivity contribution in [1.82, 2.24) is 14.7 Å². The summed E-state index contributed by atoms with van der Waals surface area (Å²) < 4.78 is 18.1. The molecule has 34 heavy (non-hydrogen) atoms. The van der Waals surface area contributed by atoms with E-state index in [4.69, 9.17) is 0 Å². The quantitative estimate of drug-likeness (QED) is 0.709. The highest BCUT2D eigenvalue weighted by Gasteiger charge is 2.63. The second kappa shape index (κ2) is 8.14. The number of aromatic nitrogens is 2. The molecule has 0 spiro atoms. The third-order valence-electron chi connectivity index (χ3n) is 10.3. The Balaban J connectivity index is 1.30. The molecule has 1 aromatic rings. The second-order valence-electron chi connectivity index (χ2n) is 12.5. The predicted molar refractivity (Wildman–Crippen MR) is 127 cm³/mol. The van der Waals surface area contributed by atoms with Gasteiger partial charge in [0.05, 0.1) is 23.9 Å². The molecule has 1 amide bonds. The van der Waals surface area contributed by atoms with Crippen LogP contribution < -0.4 is 0 Å². The van der Waals surface area contributed by atoms with Gasteiger partial charge in [0.15, 0.2) is 5.78 Å². The molecule has 4 saturated carbocycles. The zero-order chi connectivity index (χ0) is 24.5. The number of amides is 1. The zero-order valence-corrected chi connectivity index (χ0v) is 21.1. The van der Waals surface area contributed by atoms with Gasteiger partial charge in [0.25, 0.3) is 5.91 Å². The van der Waals surface area contributed by atoms with Crippen molar-refractivity contribution in [2.45, 2.75) is 89.4 Å². The van der Waals surface area contributed by atoms with Crippen molar-refractivity contribution in [3.05, 3.63) is 18.0 Å². The van der Waals surface area contributed by atoms with Crippen molar-refractivity contribution < 1.29 is 19.1 Å². The van der Waals surface area contributed by atoms with Crippen LogP contribution in [-0.4, -0.2) is 56.8 Å². The number of aliphatic hydroxyl groups is 1. The fourth-order valence-corrected chi connectivity index (χ4v) is 8.59. The van der Waals surface area contributed by atoms with Gasteiger partial charge in [-0.25, -0.2) is 4.39 Å². The number of hydrogen-bond acceptors (Lipinski definition) is 4. The van der Waals surface area contributed by atoms with Crippen molar-refractivity contribution in [2.75, 3.05) is 14.1 Å². The second-order valence-corrected chi connectivity index (χ2v) is 12.5. The van der Waals surface area contributed by atoms with Crippen molar-refractivity contribution in [2.24, 2.45) is 35.0 Å². The van der Waals surface area contributed by atoms with Gasteiger partial charge in [0, 0.05) is 26.2 Å². The van der Waals surface area contributed by atoms with E-state index in [2.05, 4.69) is 12.0 Å². The van der Waals surface area contributed by atoms with Crippen LogP contribution in [0.1, 0.15) is 82.0 Å². The fraction of sp³-hybridized carbons (Fsp3) is 0.815. The zero-order valence-electron chi connectivity index (χ0n) is 21.1. The molecular weight excluding hydrogens is 433 g/mol. The van der Waals surface area contributed by atoms with E-state index in [-0.39, 0.29) is 41.4 Å². The lowest BCUT2D eigenvalue weighted by Crippen LogP contribution is -2.58. The number of fused-ring (bicyclic) bond motifs is 5. The van der Waals surface area contributed by atoms with Gasteiger partial charge in [0.1, 0.15) is 5.67 Å². The summed E-state index contributed by atoms with van der Waals surface area (Å²) in [7, 11) is 3.40. The van der Waals surface area contributed by atoms with Crippen LogP contribution in [0, 0.1) is 35.0 Å². The topological polar surface area (TPSA) is 75.4 Å². The van der Waals surface area contributed by atoms with Gasteiger partial charge in [0.2, 0.25) is 0 Å². The minimum Gasteiger partial charge on any atom is -0.390 e. The number of rotatable bonds is 4. The molecule has 4 aliphatic rings. The Morgan fingerprint density at radius 2 is 1.88 bits per heavy atom. The summed E-state index contributed by atoms with van der Waals surface area (Å²) in [6.07, 6.45) is 10.3. The molecule has 7 heteroatoms. The smallest absolute Gasteiger partial charge is 0.256 e. The van der Waals surface area contributed by atoms with Gasteiger partial charge < -0.3 is 10.0 Å². The first-order valence-corrected chi connectivity index (χ1v) is 13.1. The number of hydrogen-bond donors (Lipinski definition) is 1. The highest BCUT2D eigenvalue weighted by molar-refractivity contribution is 5.93. The highest BCUT2D eigenvalue weighted by Crippen LogP contribution is 2.66. The van der Waals surface area contributed by atoms with Crippen LogP contribution in [0.15, 0.2) is 12.4 Å². The molecule has 4 aliphatic carbocycles. The van der Waals surface area contributed by atoms with E-state index in [1.807, 2.05) is 6.92 Å². The van der Waals surface area contributed by atoms with Gasteiger partial charge >= 0.3 is 0 Å². The molecule has 6 nitrogen and oxygen atoms in total. The average molecular weight is 474 g/mol. The Morgan fingerprint density at radius 3 is 2.62 bits per heavy atom. The Kier molecular flexibility index (Phi) is 5.74. The van der Waals surface area contributed by atoms with E-state index in [9.17, 15) is 14.7 Å². The Labute approximate surface area is 202 Å². The Bertz CT molecular complexity index is 974. The maximum absolute atomic E-state index is 16.5. The number of halogens is 1. The maximum Gasteiger partial charge on any atom is 0.256 e. The molecule has 0 aliphatic heterocycles. The van der Waals surface area contributed by atoms with Crippen molar-refractivity contribution in [1.29, 1.82) is 0 Å². The summed E-state index contributed by atoms with van der Waals surface area (Å²) in [4.78, 5) is 27.1. The number of ketones is 1. The molecule has 1 N–H and O–H groups in total. The predicted octanol–water partition coefficient (Wildman–Crippen LogP) is 4.27. The highest BCUT2D eigenvalue weighted by atomic mass is 19.1. The third kappa shape index (κ3) is 3.73. The molecule has 0 radical (unpaired) electrons. The van der Waals surface area contributed by atoms with Crippen LogP contribution in [0.5, 0.6) is 0 Å². The number of Topliss-reactive ketones (excluding diaryl/α,β-unsaturated/α-hetero) is 1. The van der Waals surface area contributed by atoms with Gasteiger partial charge in [-0.3, -0.25) is 14.3 Å². The molecule has 5 rings (SSSR count). The summed E-state index contributed by atoms with van der Waals surface area (Å²) in [6.45, 7) is 4.32. The van der Waals surface area contributed by atoms with Crippen LogP contribution in [0.4, 0.5) is 4.39 Å². The summed E-state index contributed by atoms with van der Waals surface area (Å²) in [5.41, 5.74) is -1.48. The number of nitrogens with zero attached hydrogens (tertiary/aromatic N) is 3. The van der Waals surface area contributed by atoms with Gasteiger partial charge in [-0.15, -0.1) is 0 Å². The summed E-state index contributed by atoms with van der Waals surface area (Å²) in [5.74, 6) is 0.808. The lowest BCUT2D eigenvalue weighted by atomic mass is 9.48.